The molecule has 2 aromatic carbocycles. The van der Waals surface area contributed by atoms with Crippen LogP contribution in [0.15, 0.2) is 36.4 Å². The van der Waals surface area contributed by atoms with Gasteiger partial charge in [-0.25, -0.2) is 8.78 Å². The molecule has 2 aromatic rings. The molecule has 2 rings (SSSR count). The summed E-state index contributed by atoms with van der Waals surface area (Å²) in [6.07, 6.45) is 0. The van der Waals surface area contributed by atoms with Crippen LogP contribution in [0.5, 0.6) is 5.75 Å². The van der Waals surface area contributed by atoms with Gasteiger partial charge in [0, 0.05) is 17.3 Å². The molecule has 0 radical (unpaired) electrons. The number of phenolic OH excluding ortho intramolecular Hbond substituents is 1. The fraction of sp³-hybridized carbons (Fsp3) is 0.200. The van der Waals surface area contributed by atoms with E-state index in [0.717, 1.165) is 11.6 Å². The van der Waals surface area contributed by atoms with E-state index in [0.29, 0.717) is 11.3 Å². The Morgan fingerprint density at radius 2 is 1.84 bits per heavy atom. The maximum atomic E-state index is 13.7. The quantitative estimate of drug-likeness (QED) is 0.871. The van der Waals surface area contributed by atoms with Crippen molar-refractivity contribution in [2.24, 2.45) is 0 Å². The van der Waals surface area contributed by atoms with Crippen LogP contribution >= 0.6 is 0 Å². The van der Waals surface area contributed by atoms with E-state index >= 15 is 0 Å². The molecule has 0 heterocycles. The first-order valence-corrected chi connectivity index (χ1v) is 5.98. The van der Waals surface area contributed by atoms with Crippen LogP contribution in [-0.2, 0) is 0 Å². The lowest BCUT2D eigenvalue weighted by Gasteiger charge is -2.17. The fourth-order valence-corrected chi connectivity index (χ4v) is 2.01. The van der Waals surface area contributed by atoms with Crippen LogP contribution in [-0.4, -0.2) is 5.11 Å². The lowest BCUT2D eigenvalue weighted by molar-refractivity contribution is 0.467. The highest BCUT2D eigenvalue weighted by Gasteiger charge is 2.12. The molecule has 0 saturated heterocycles. The number of nitrogens with one attached hydrogen (secondary N) is 1. The summed E-state index contributed by atoms with van der Waals surface area (Å²) in [5.41, 5.74) is 1.80. The number of phenols is 1. The Balaban J connectivity index is 2.22. The predicted octanol–water partition coefficient (Wildman–Crippen LogP) is 4.15. The maximum absolute atomic E-state index is 13.7. The first-order chi connectivity index (χ1) is 8.95. The number of anilines is 1. The summed E-state index contributed by atoms with van der Waals surface area (Å²) in [7, 11) is 0. The van der Waals surface area contributed by atoms with Crippen LogP contribution in [0.2, 0.25) is 0 Å². The smallest absolute Gasteiger partial charge is 0.132 e. The number of benzene rings is 2. The van der Waals surface area contributed by atoms with Crippen molar-refractivity contribution in [3.63, 3.8) is 0 Å². The number of rotatable bonds is 3. The molecule has 1 atom stereocenters. The molecule has 0 amide bonds. The van der Waals surface area contributed by atoms with Gasteiger partial charge in [-0.3, -0.25) is 0 Å². The highest BCUT2D eigenvalue weighted by Crippen LogP contribution is 2.25. The van der Waals surface area contributed by atoms with Crippen molar-refractivity contribution in [1.29, 1.82) is 0 Å². The van der Waals surface area contributed by atoms with Crippen LogP contribution < -0.4 is 5.32 Å². The Labute approximate surface area is 110 Å². The topological polar surface area (TPSA) is 32.3 Å². The summed E-state index contributed by atoms with van der Waals surface area (Å²) in [4.78, 5) is 0. The first-order valence-electron chi connectivity index (χ1n) is 5.98. The lowest BCUT2D eigenvalue weighted by Crippen LogP contribution is -2.08. The number of aromatic hydroxyl groups is 1. The maximum Gasteiger partial charge on any atom is 0.132 e. The van der Waals surface area contributed by atoms with Gasteiger partial charge < -0.3 is 10.4 Å². The molecule has 4 heteroatoms. The van der Waals surface area contributed by atoms with Crippen LogP contribution in [0.1, 0.15) is 24.1 Å². The molecular weight excluding hydrogens is 248 g/mol. The van der Waals surface area contributed by atoms with E-state index in [1.54, 1.807) is 19.9 Å². The van der Waals surface area contributed by atoms with Gasteiger partial charge in [0.1, 0.15) is 17.4 Å². The van der Waals surface area contributed by atoms with Crippen LogP contribution in [0, 0.1) is 18.6 Å². The number of hydrogen-bond acceptors (Lipinski definition) is 2. The molecule has 0 aromatic heterocycles. The zero-order chi connectivity index (χ0) is 14.0. The number of hydrogen-bond donors (Lipinski definition) is 2. The monoisotopic (exact) mass is 263 g/mol. The minimum Gasteiger partial charge on any atom is -0.508 e. The van der Waals surface area contributed by atoms with Gasteiger partial charge >= 0.3 is 0 Å². The summed E-state index contributed by atoms with van der Waals surface area (Å²) in [5.74, 6) is -0.941. The molecule has 0 bridgehead atoms. The molecule has 19 heavy (non-hydrogen) atoms. The zero-order valence-corrected chi connectivity index (χ0v) is 10.7. The lowest BCUT2D eigenvalue weighted by atomic mass is 10.1. The largest absolute Gasteiger partial charge is 0.508 e. The van der Waals surface area contributed by atoms with Crippen LogP contribution in [0.25, 0.3) is 0 Å². The predicted molar refractivity (Wildman–Crippen MR) is 71.2 cm³/mol. The first kappa shape index (κ1) is 13.3. The van der Waals surface area contributed by atoms with Gasteiger partial charge in [-0.15, -0.1) is 0 Å². The normalized spacial score (nSPS) is 12.2. The van der Waals surface area contributed by atoms with Gasteiger partial charge in [0.2, 0.25) is 0 Å². The van der Waals surface area contributed by atoms with Crippen molar-refractivity contribution in [2.45, 2.75) is 19.9 Å². The van der Waals surface area contributed by atoms with Crippen molar-refractivity contribution in [3.8, 4) is 5.75 Å². The molecule has 100 valence electrons. The van der Waals surface area contributed by atoms with Gasteiger partial charge in [0.25, 0.3) is 0 Å². The highest BCUT2D eigenvalue weighted by molar-refractivity contribution is 5.48. The Bertz CT molecular complexity index is 578. The third-order valence-corrected chi connectivity index (χ3v) is 2.88. The molecule has 0 fully saturated rings. The molecule has 1 unspecified atom stereocenters. The van der Waals surface area contributed by atoms with Crippen molar-refractivity contribution in [2.75, 3.05) is 5.32 Å². The second-order valence-electron chi connectivity index (χ2n) is 4.59. The van der Waals surface area contributed by atoms with E-state index in [4.69, 9.17) is 0 Å². The van der Waals surface area contributed by atoms with E-state index in [1.165, 1.54) is 24.3 Å². The number of aryl methyl sites for hydroxylation is 1. The van der Waals surface area contributed by atoms with Crippen LogP contribution in [0.3, 0.4) is 0 Å². The summed E-state index contributed by atoms with van der Waals surface area (Å²) in [5, 5.41) is 12.2. The van der Waals surface area contributed by atoms with Crippen molar-refractivity contribution >= 4 is 5.69 Å². The SMILES string of the molecule is Cc1cc(F)cc(NC(C)c2ccc(O)cc2F)c1. The van der Waals surface area contributed by atoms with Gasteiger partial charge in [-0.05, 0) is 43.7 Å². The average molecular weight is 263 g/mol. The molecule has 0 aliphatic heterocycles. The summed E-state index contributed by atoms with van der Waals surface area (Å²) >= 11 is 0. The van der Waals surface area contributed by atoms with Gasteiger partial charge in [-0.1, -0.05) is 6.07 Å². The van der Waals surface area contributed by atoms with E-state index in [-0.39, 0.29) is 17.6 Å². The van der Waals surface area contributed by atoms with E-state index in [9.17, 15) is 13.9 Å². The van der Waals surface area contributed by atoms with Crippen LogP contribution in [0.4, 0.5) is 14.5 Å². The third kappa shape index (κ3) is 3.22. The second kappa shape index (κ2) is 5.26. The Kier molecular flexibility index (Phi) is 3.69. The zero-order valence-electron chi connectivity index (χ0n) is 10.7. The standard InChI is InChI=1S/C15H15F2NO/c1-9-5-11(16)7-12(6-9)18-10(2)14-4-3-13(19)8-15(14)17/h3-8,10,18-19H,1-2H3. The highest BCUT2D eigenvalue weighted by atomic mass is 19.1. The molecule has 0 aliphatic rings. The molecule has 0 saturated carbocycles. The van der Waals surface area contributed by atoms with E-state index in [2.05, 4.69) is 5.32 Å². The van der Waals surface area contributed by atoms with Crippen molar-refractivity contribution in [1.82, 2.24) is 0 Å². The van der Waals surface area contributed by atoms with Gasteiger partial charge in [0.15, 0.2) is 0 Å². The molecule has 0 aliphatic carbocycles. The molecule has 2 nitrogen and oxygen atoms in total. The molecule has 2 N–H and O–H groups in total. The Morgan fingerprint density at radius 3 is 2.47 bits per heavy atom. The molecular formula is C15H15F2NO. The summed E-state index contributed by atoms with van der Waals surface area (Å²) in [6, 6.07) is 8.24. The second-order valence-corrected chi connectivity index (χ2v) is 4.59. The summed E-state index contributed by atoms with van der Waals surface area (Å²) in [6.45, 7) is 3.57. The Morgan fingerprint density at radius 1 is 1.11 bits per heavy atom. The van der Waals surface area contributed by atoms with E-state index < -0.39 is 5.82 Å². The third-order valence-electron chi connectivity index (χ3n) is 2.88. The number of halogens is 2. The van der Waals surface area contributed by atoms with Crippen molar-refractivity contribution in [3.05, 3.63) is 59.2 Å². The van der Waals surface area contributed by atoms with E-state index in [1.807, 2.05) is 0 Å². The fourth-order valence-electron chi connectivity index (χ4n) is 2.01. The summed E-state index contributed by atoms with van der Waals surface area (Å²) < 4.78 is 27.0. The minimum absolute atomic E-state index is 0.116. The van der Waals surface area contributed by atoms with Crippen molar-refractivity contribution < 1.29 is 13.9 Å². The average Bonchev–Trinajstić information content (AvgIpc) is 2.26. The van der Waals surface area contributed by atoms with Gasteiger partial charge in [0.05, 0.1) is 6.04 Å². The Hall–Kier alpha value is -2.10. The molecule has 0 spiro atoms. The van der Waals surface area contributed by atoms with Gasteiger partial charge in [-0.2, -0.15) is 0 Å². The minimum atomic E-state index is -0.492.